The van der Waals surface area contributed by atoms with Crippen molar-refractivity contribution in [1.29, 1.82) is 0 Å². The Bertz CT molecular complexity index is 375. The highest BCUT2D eigenvalue weighted by molar-refractivity contribution is 7.99. The summed E-state index contributed by atoms with van der Waals surface area (Å²) in [5, 5.41) is 10.5. The molecule has 1 saturated heterocycles. The lowest BCUT2D eigenvalue weighted by atomic mass is 10.1. The molecule has 0 atom stereocenters. The minimum absolute atomic E-state index is 0.160. The molecule has 1 aromatic carbocycles. The Hall–Kier alpha value is -1.07. The Kier molecular flexibility index (Phi) is 4.39. The van der Waals surface area contributed by atoms with Crippen molar-refractivity contribution in [3.8, 4) is 0 Å². The van der Waals surface area contributed by atoms with Gasteiger partial charge in [-0.15, -0.1) is 11.8 Å². The van der Waals surface area contributed by atoms with Crippen LogP contribution >= 0.6 is 11.8 Å². The maximum Gasteiger partial charge on any atom is 0.269 e. The van der Waals surface area contributed by atoms with Crippen LogP contribution in [0.5, 0.6) is 0 Å². The molecule has 0 N–H and O–H groups in total. The number of nitro groups is 1. The second kappa shape index (κ2) is 6.02. The third-order valence-electron chi connectivity index (χ3n) is 2.91. The van der Waals surface area contributed by atoms with Crippen molar-refractivity contribution in [2.24, 2.45) is 0 Å². The molecule has 5 heteroatoms. The first-order chi connectivity index (χ1) is 8.25. The first-order valence-corrected chi connectivity index (χ1v) is 6.84. The number of hydrogen-bond donors (Lipinski definition) is 0. The van der Waals surface area contributed by atoms with Crippen LogP contribution in [0, 0.1) is 10.1 Å². The summed E-state index contributed by atoms with van der Waals surface area (Å²) in [5.74, 6) is 0.984. The average Bonchev–Trinajstić information content (AvgIpc) is 2.38. The monoisotopic (exact) mass is 252 g/mol. The van der Waals surface area contributed by atoms with Crippen LogP contribution in [0.3, 0.4) is 0 Å². The van der Waals surface area contributed by atoms with Crippen molar-refractivity contribution in [2.75, 3.05) is 19.0 Å². The highest BCUT2D eigenvalue weighted by atomic mass is 32.2. The van der Waals surface area contributed by atoms with Crippen molar-refractivity contribution in [3.05, 3.63) is 34.4 Å². The maximum absolute atomic E-state index is 10.5. The molecule has 17 heavy (non-hydrogen) atoms. The van der Waals surface area contributed by atoms with Crippen molar-refractivity contribution in [2.45, 2.75) is 24.2 Å². The summed E-state index contributed by atoms with van der Waals surface area (Å²) in [5.41, 5.74) is 0.160. The van der Waals surface area contributed by atoms with Crippen molar-refractivity contribution in [1.82, 2.24) is 4.90 Å². The largest absolute Gasteiger partial charge is 0.294 e. The van der Waals surface area contributed by atoms with Gasteiger partial charge in [0.15, 0.2) is 0 Å². The molecule has 0 unspecified atom stereocenters. The van der Waals surface area contributed by atoms with E-state index in [0.717, 1.165) is 10.8 Å². The number of hydrogen-bond acceptors (Lipinski definition) is 4. The first-order valence-electron chi connectivity index (χ1n) is 5.85. The molecule has 0 aliphatic carbocycles. The van der Waals surface area contributed by atoms with Gasteiger partial charge in [-0.3, -0.25) is 15.0 Å². The minimum Gasteiger partial charge on any atom is -0.294 e. The van der Waals surface area contributed by atoms with E-state index in [9.17, 15) is 10.1 Å². The fraction of sp³-hybridized carbons (Fsp3) is 0.500. The highest BCUT2D eigenvalue weighted by Gasteiger charge is 2.10. The molecule has 0 saturated carbocycles. The normalized spacial score (nSPS) is 16.9. The highest BCUT2D eigenvalue weighted by Crippen LogP contribution is 2.23. The Morgan fingerprint density at radius 1 is 1.18 bits per heavy atom. The fourth-order valence-corrected chi connectivity index (χ4v) is 2.84. The van der Waals surface area contributed by atoms with Crippen LogP contribution in [0.4, 0.5) is 5.69 Å². The van der Waals surface area contributed by atoms with E-state index in [1.807, 2.05) is 12.1 Å². The predicted molar refractivity (Wildman–Crippen MR) is 69.2 cm³/mol. The molecule has 92 valence electrons. The Balaban J connectivity index is 1.84. The van der Waals surface area contributed by atoms with Crippen LogP contribution in [-0.2, 0) is 0 Å². The molecule has 1 aliphatic heterocycles. The third kappa shape index (κ3) is 3.71. The molecular formula is C12H16N2O2S. The lowest BCUT2D eigenvalue weighted by Crippen LogP contribution is -2.29. The van der Waals surface area contributed by atoms with Gasteiger partial charge in [-0.2, -0.15) is 0 Å². The second-order valence-electron chi connectivity index (χ2n) is 4.20. The van der Waals surface area contributed by atoms with E-state index >= 15 is 0 Å². The summed E-state index contributed by atoms with van der Waals surface area (Å²) >= 11 is 1.75. The summed E-state index contributed by atoms with van der Waals surface area (Å²) in [4.78, 5) is 13.7. The summed E-state index contributed by atoms with van der Waals surface area (Å²) in [7, 11) is 0. The summed E-state index contributed by atoms with van der Waals surface area (Å²) in [6.45, 7) is 2.36. The number of thioether (sulfide) groups is 1. The van der Waals surface area contributed by atoms with Gasteiger partial charge in [0, 0.05) is 22.9 Å². The molecule has 1 aliphatic rings. The van der Waals surface area contributed by atoms with Crippen LogP contribution in [0.1, 0.15) is 19.3 Å². The summed E-state index contributed by atoms with van der Waals surface area (Å²) < 4.78 is 0. The molecule has 2 rings (SSSR count). The van der Waals surface area contributed by atoms with Crippen LogP contribution < -0.4 is 0 Å². The quantitative estimate of drug-likeness (QED) is 0.469. The molecule has 1 heterocycles. The molecule has 1 fully saturated rings. The smallest absolute Gasteiger partial charge is 0.269 e. The lowest BCUT2D eigenvalue weighted by molar-refractivity contribution is -0.384. The van der Waals surface area contributed by atoms with E-state index in [0.29, 0.717) is 0 Å². The summed E-state index contributed by atoms with van der Waals surface area (Å²) in [6.07, 6.45) is 3.93. The number of piperidine rings is 1. The van der Waals surface area contributed by atoms with Crippen molar-refractivity contribution in [3.63, 3.8) is 0 Å². The van der Waals surface area contributed by atoms with Crippen LogP contribution in [-0.4, -0.2) is 28.8 Å². The van der Waals surface area contributed by atoms with Crippen molar-refractivity contribution >= 4 is 17.4 Å². The van der Waals surface area contributed by atoms with E-state index < -0.39 is 0 Å². The van der Waals surface area contributed by atoms with Gasteiger partial charge in [-0.05, 0) is 38.1 Å². The average molecular weight is 252 g/mol. The second-order valence-corrected chi connectivity index (χ2v) is 5.22. The van der Waals surface area contributed by atoms with E-state index in [2.05, 4.69) is 4.90 Å². The molecule has 4 nitrogen and oxygen atoms in total. The number of nitrogens with zero attached hydrogens (tertiary/aromatic N) is 2. The van der Waals surface area contributed by atoms with Gasteiger partial charge in [0.05, 0.1) is 4.92 Å². The van der Waals surface area contributed by atoms with E-state index in [1.54, 1.807) is 23.9 Å². The molecule has 0 aromatic heterocycles. The number of nitro benzene ring substituents is 1. The van der Waals surface area contributed by atoms with Crippen molar-refractivity contribution < 1.29 is 4.92 Å². The van der Waals surface area contributed by atoms with E-state index in [-0.39, 0.29) is 10.6 Å². The van der Waals surface area contributed by atoms with Gasteiger partial charge in [-0.1, -0.05) is 6.42 Å². The first kappa shape index (κ1) is 12.4. The molecule has 0 spiro atoms. The number of likely N-dealkylation sites (tertiary alicyclic amines) is 1. The third-order valence-corrected chi connectivity index (χ3v) is 4.01. The Labute approximate surface area is 105 Å². The van der Waals surface area contributed by atoms with Crippen LogP contribution in [0.15, 0.2) is 29.2 Å². The zero-order valence-corrected chi connectivity index (χ0v) is 10.5. The SMILES string of the molecule is O=[N+]([O-])c1ccc(SCN2CCCCC2)cc1. The zero-order valence-electron chi connectivity index (χ0n) is 9.67. The topological polar surface area (TPSA) is 46.4 Å². The molecule has 0 bridgehead atoms. The van der Waals surface area contributed by atoms with Gasteiger partial charge in [0.1, 0.15) is 0 Å². The molecule has 0 radical (unpaired) electrons. The predicted octanol–water partition coefficient (Wildman–Crippen LogP) is 3.13. The standard InChI is InChI=1S/C12H16N2O2S/c15-14(16)11-4-6-12(7-5-11)17-10-13-8-2-1-3-9-13/h4-7H,1-3,8-10H2. The van der Waals surface area contributed by atoms with Gasteiger partial charge >= 0.3 is 0 Å². The van der Waals surface area contributed by atoms with Crippen LogP contribution in [0.2, 0.25) is 0 Å². The Morgan fingerprint density at radius 3 is 2.41 bits per heavy atom. The fourth-order valence-electron chi connectivity index (χ4n) is 1.92. The van der Waals surface area contributed by atoms with Gasteiger partial charge in [0.25, 0.3) is 5.69 Å². The lowest BCUT2D eigenvalue weighted by Gasteiger charge is -2.25. The number of benzene rings is 1. The molecular weight excluding hydrogens is 236 g/mol. The maximum atomic E-state index is 10.5. The summed E-state index contributed by atoms with van der Waals surface area (Å²) in [6, 6.07) is 6.79. The van der Waals surface area contributed by atoms with Crippen LogP contribution in [0.25, 0.3) is 0 Å². The van der Waals surface area contributed by atoms with Gasteiger partial charge in [-0.25, -0.2) is 0 Å². The minimum atomic E-state index is -0.362. The Morgan fingerprint density at radius 2 is 1.82 bits per heavy atom. The molecule has 1 aromatic rings. The number of rotatable bonds is 4. The molecule has 0 amide bonds. The number of non-ortho nitro benzene ring substituents is 1. The van der Waals surface area contributed by atoms with E-state index in [1.165, 1.54) is 32.4 Å². The van der Waals surface area contributed by atoms with E-state index in [4.69, 9.17) is 0 Å². The van der Waals surface area contributed by atoms with Gasteiger partial charge < -0.3 is 0 Å². The van der Waals surface area contributed by atoms with Gasteiger partial charge in [0.2, 0.25) is 0 Å². The zero-order chi connectivity index (χ0) is 12.1.